The SMILES string of the molecule is CNC[C@@H](O)c1ccc(OCc2ccccc2)cc1. The van der Waals surface area contributed by atoms with Gasteiger partial charge in [-0.3, -0.25) is 0 Å². The largest absolute Gasteiger partial charge is 0.489 e. The van der Waals surface area contributed by atoms with E-state index in [0.717, 1.165) is 16.9 Å². The summed E-state index contributed by atoms with van der Waals surface area (Å²) in [5.74, 6) is 0.810. The molecule has 0 unspecified atom stereocenters. The number of rotatable bonds is 6. The van der Waals surface area contributed by atoms with E-state index in [4.69, 9.17) is 4.74 Å². The predicted molar refractivity (Wildman–Crippen MR) is 76.1 cm³/mol. The summed E-state index contributed by atoms with van der Waals surface area (Å²) in [7, 11) is 1.82. The van der Waals surface area contributed by atoms with Crippen molar-refractivity contribution >= 4 is 0 Å². The fraction of sp³-hybridized carbons (Fsp3) is 0.250. The summed E-state index contributed by atoms with van der Waals surface area (Å²) in [6.07, 6.45) is -0.479. The monoisotopic (exact) mass is 257 g/mol. The molecule has 0 saturated carbocycles. The number of aliphatic hydroxyl groups excluding tert-OH is 1. The maximum Gasteiger partial charge on any atom is 0.119 e. The van der Waals surface area contributed by atoms with Crippen LogP contribution in [0.1, 0.15) is 17.2 Å². The predicted octanol–water partition coefficient (Wildman–Crippen LogP) is 2.52. The van der Waals surface area contributed by atoms with Crippen molar-refractivity contribution in [2.45, 2.75) is 12.7 Å². The topological polar surface area (TPSA) is 41.5 Å². The third-order valence-electron chi connectivity index (χ3n) is 2.91. The Kier molecular flexibility index (Phi) is 4.95. The fourth-order valence-electron chi connectivity index (χ4n) is 1.84. The molecule has 0 saturated heterocycles. The van der Waals surface area contributed by atoms with Crippen LogP contribution in [0, 0.1) is 0 Å². The van der Waals surface area contributed by atoms with E-state index in [1.54, 1.807) is 0 Å². The van der Waals surface area contributed by atoms with Gasteiger partial charge in [-0.15, -0.1) is 0 Å². The number of hydrogen-bond acceptors (Lipinski definition) is 3. The molecule has 2 N–H and O–H groups in total. The Labute approximate surface area is 113 Å². The lowest BCUT2D eigenvalue weighted by Gasteiger charge is -2.11. The van der Waals surface area contributed by atoms with Crippen LogP contribution in [-0.4, -0.2) is 18.7 Å². The van der Waals surface area contributed by atoms with Crippen molar-refractivity contribution in [1.29, 1.82) is 0 Å². The molecule has 2 aromatic carbocycles. The van der Waals surface area contributed by atoms with Crippen molar-refractivity contribution in [2.24, 2.45) is 0 Å². The van der Waals surface area contributed by atoms with Crippen molar-refractivity contribution in [3.8, 4) is 5.75 Å². The zero-order valence-electron chi connectivity index (χ0n) is 11.0. The molecule has 0 spiro atoms. The second-order valence-electron chi connectivity index (χ2n) is 4.42. The Morgan fingerprint density at radius 1 is 1.05 bits per heavy atom. The molecule has 0 amide bonds. The molecule has 0 aromatic heterocycles. The van der Waals surface area contributed by atoms with Crippen molar-refractivity contribution in [3.63, 3.8) is 0 Å². The molecule has 0 fully saturated rings. The minimum Gasteiger partial charge on any atom is -0.489 e. The average Bonchev–Trinajstić information content (AvgIpc) is 2.47. The number of nitrogens with one attached hydrogen (secondary N) is 1. The van der Waals surface area contributed by atoms with Gasteiger partial charge in [-0.1, -0.05) is 42.5 Å². The molecule has 19 heavy (non-hydrogen) atoms. The summed E-state index contributed by atoms with van der Waals surface area (Å²) < 4.78 is 5.69. The van der Waals surface area contributed by atoms with Gasteiger partial charge in [0.1, 0.15) is 12.4 Å². The first-order chi connectivity index (χ1) is 9.29. The van der Waals surface area contributed by atoms with Crippen LogP contribution in [0.3, 0.4) is 0 Å². The van der Waals surface area contributed by atoms with Gasteiger partial charge in [0.05, 0.1) is 6.10 Å². The molecule has 3 heteroatoms. The molecule has 0 radical (unpaired) electrons. The average molecular weight is 257 g/mol. The van der Waals surface area contributed by atoms with E-state index in [2.05, 4.69) is 5.32 Å². The van der Waals surface area contributed by atoms with Crippen LogP contribution in [0.25, 0.3) is 0 Å². The fourth-order valence-corrected chi connectivity index (χ4v) is 1.84. The maximum atomic E-state index is 9.82. The van der Waals surface area contributed by atoms with Crippen molar-refractivity contribution in [1.82, 2.24) is 5.32 Å². The smallest absolute Gasteiger partial charge is 0.119 e. The molecule has 3 nitrogen and oxygen atoms in total. The van der Waals surface area contributed by atoms with E-state index < -0.39 is 6.10 Å². The van der Waals surface area contributed by atoms with Crippen molar-refractivity contribution in [2.75, 3.05) is 13.6 Å². The first-order valence-corrected chi connectivity index (χ1v) is 6.39. The summed E-state index contributed by atoms with van der Waals surface area (Å²) in [4.78, 5) is 0. The molecular formula is C16H19NO2. The van der Waals surface area contributed by atoms with Gasteiger partial charge >= 0.3 is 0 Å². The van der Waals surface area contributed by atoms with Gasteiger partial charge in [0.2, 0.25) is 0 Å². The summed E-state index contributed by atoms with van der Waals surface area (Å²) in [5.41, 5.74) is 2.03. The molecule has 2 aromatic rings. The molecule has 1 atom stereocenters. The molecule has 0 heterocycles. The van der Waals surface area contributed by atoms with Gasteiger partial charge in [0.25, 0.3) is 0 Å². The lowest BCUT2D eigenvalue weighted by molar-refractivity contribution is 0.177. The maximum absolute atomic E-state index is 9.82. The Morgan fingerprint density at radius 2 is 1.74 bits per heavy atom. The minimum atomic E-state index is -0.479. The Morgan fingerprint density at radius 3 is 2.37 bits per heavy atom. The van der Waals surface area contributed by atoms with Crippen molar-refractivity contribution < 1.29 is 9.84 Å². The van der Waals surface area contributed by atoms with Crippen molar-refractivity contribution in [3.05, 3.63) is 65.7 Å². The number of benzene rings is 2. The summed E-state index contributed by atoms with van der Waals surface area (Å²) in [6.45, 7) is 1.10. The zero-order valence-corrected chi connectivity index (χ0v) is 11.0. The third kappa shape index (κ3) is 4.09. The van der Waals surface area contributed by atoms with E-state index >= 15 is 0 Å². The van der Waals surface area contributed by atoms with Crippen LogP contribution in [0.4, 0.5) is 0 Å². The lowest BCUT2D eigenvalue weighted by Crippen LogP contribution is -2.16. The van der Waals surface area contributed by atoms with E-state index in [9.17, 15) is 5.11 Å². The number of likely N-dealkylation sites (N-methyl/N-ethyl adjacent to an activating group) is 1. The van der Waals surface area contributed by atoms with Crippen LogP contribution in [0.15, 0.2) is 54.6 Å². The summed E-state index contributed by atoms with van der Waals surface area (Å²) in [6, 6.07) is 17.6. The highest BCUT2D eigenvalue weighted by atomic mass is 16.5. The second kappa shape index (κ2) is 6.92. The zero-order chi connectivity index (χ0) is 13.5. The normalized spacial score (nSPS) is 12.1. The Balaban J connectivity index is 1.92. The van der Waals surface area contributed by atoms with Gasteiger partial charge in [-0.2, -0.15) is 0 Å². The van der Waals surface area contributed by atoms with Gasteiger partial charge in [0.15, 0.2) is 0 Å². The van der Waals surface area contributed by atoms with E-state index in [1.165, 1.54) is 0 Å². The molecule has 0 aliphatic heterocycles. The van der Waals surface area contributed by atoms with Gasteiger partial charge in [0, 0.05) is 6.54 Å². The number of ether oxygens (including phenoxy) is 1. The highest BCUT2D eigenvalue weighted by Gasteiger charge is 2.05. The van der Waals surface area contributed by atoms with Crippen LogP contribution in [0.2, 0.25) is 0 Å². The quantitative estimate of drug-likeness (QED) is 0.835. The first-order valence-electron chi connectivity index (χ1n) is 6.39. The van der Waals surface area contributed by atoms with E-state index in [-0.39, 0.29) is 0 Å². The molecule has 0 aliphatic carbocycles. The van der Waals surface area contributed by atoms with Crippen LogP contribution >= 0.6 is 0 Å². The number of aliphatic hydroxyl groups is 1. The minimum absolute atomic E-state index is 0.479. The van der Waals surface area contributed by atoms with Gasteiger partial charge < -0.3 is 15.2 Å². The molecule has 100 valence electrons. The summed E-state index contributed by atoms with van der Waals surface area (Å²) >= 11 is 0. The first kappa shape index (κ1) is 13.6. The number of hydrogen-bond donors (Lipinski definition) is 2. The molecule has 0 bridgehead atoms. The highest BCUT2D eigenvalue weighted by Crippen LogP contribution is 2.18. The molecule has 2 rings (SSSR count). The molecule has 0 aliphatic rings. The lowest BCUT2D eigenvalue weighted by atomic mass is 10.1. The third-order valence-corrected chi connectivity index (χ3v) is 2.91. The van der Waals surface area contributed by atoms with E-state index in [1.807, 2.05) is 61.6 Å². The van der Waals surface area contributed by atoms with Crippen LogP contribution in [0.5, 0.6) is 5.75 Å². The van der Waals surface area contributed by atoms with Gasteiger partial charge in [-0.25, -0.2) is 0 Å². The molecular weight excluding hydrogens is 238 g/mol. The van der Waals surface area contributed by atoms with Crippen LogP contribution in [-0.2, 0) is 6.61 Å². The Hall–Kier alpha value is -1.84. The van der Waals surface area contributed by atoms with Crippen LogP contribution < -0.4 is 10.1 Å². The van der Waals surface area contributed by atoms with E-state index in [0.29, 0.717) is 13.2 Å². The Bertz CT molecular complexity index is 482. The highest BCUT2D eigenvalue weighted by molar-refractivity contribution is 5.29. The summed E-state index contributed by atoms with van der Waals surface area (Å²) in [5, 5.41) is 12.8. The second-order valence-corrected chi connectivity index (χ2v) is 4.42. The van der Waals surface area contributed by atoms with Gasteiger partial charge in [-0.05, 0) is 30.3 Å². The standard InChI is InChI=1S/C16H19NO2/c1-17-11-16(18)14-7-9-15(10-8-14)19-12-13-5-3-2-4-6-13/h2-10,16-18H,11-12H2,1H3/t16-/m1/s1.